The first kappa shape index (κ1) is 34.7. The van der Waals surface area contributed by atoms with E-state index in [0.29, 0.717) is 34.3 Å². The van der Waals surface area contributed by atoms with Crippen molar-refractivity contribution in [2.75, 3.05) is 86.8 Å². The Bertz CT molecular complexity index is 1320. The van der Waals surface area contributed by atoms with Gasteiger partial charge in [-0.2, -0.15) is 4.31 Å². The monoisotopic (exact) mass is 630 g/mol. The van der Waals surface area contributed by atoms with Gasteiger partial charge >= 0.3 is 0 Å². The number of carbonyl (C=O) groups is 1. The molecule has 14 heteroatoms. The summed E-state index contributed by atoms with van der Waals surface area (Å²) in [5.74, 6) is 0.869. The molecule has 41 heavy (non-hydrogen) atoms. The topological polar surface area (TPSA) is 111 Å². The fourth-order valence-electron chi connectivity index (χ4n) is 4.00. The van der Waals surface area contributed by atoms with Crippen LogP contribution in [0.3, 0.4) is 0 Å². The SMILES string of the molecule is COCCN(CCOC)S(=O)(=O)c1ccc(C(=O)N(CCCN(C)C)c2nc3cc(OC)c(OC)cc3s2)cc1.Cl. The highest BCUT2D eigenvalue weighted by molar-refractivity contribution is 7.89. The summed E-state index contributed by atoms with van der Waals surface area (Å²) in [6.07, 6.45) is 0.724. The molecule has 0 atom stereocenters. The van der Waals surface area contributed by atoms with Crippen LogP contribution in [0.4, 0.5) is 5.13 Å². The average Bonchev–Trinajstić information content (AvgIpc) is 3.36. The maximum absolute atomic E-state index is 13.8. The number of fused-ring (bicyclic) bond motifs is 1. The zero-order valence-corrected chi connectivity index (χ0v) is 26.7. The van der Waals surface area contributed by atoms with Crippen LogP contribution in [0, 0.1) is 0 Å². The van der Waals surface area contributed by atoms with Gasteiger partial charge in [0.15, 0.2) is 16.6 Å². The van der Waals surface area contributed by atoms with Crippen molar-refractivity contribution in [3.05, 3.63) is 42.0 Å². The first-order chi connectivity index (χ1) is 19.2. The maximum Gasteiger partial charge on any atom is 0.260 e. The van der Waals surface area contributed by atoms with E-state index >= 15 is 0 Å². The van der Waals surface area contributed by atoms with Crippen molar-refractivity contribution in [2.45, 2.75) is 11.3 Å². The molecule has 0 aliphatic heterocycles. The highest BCUT2D eigenvalue weighted by Gasteiger charge is 2.26. The molecule has 1 heterocycles. The number of anilines is 1. The van der Waals surface area contributed by atoms with Crippen LogP contribution in [0.25, 0.3) is 10.2 Å². The number of methoxy groups -OCH3 is 4. The van der Waals surface area contributed by atoms with Gasteiger partial charge in [0.25, 0.3) is 5.91 Å². The number of carbonyl (C=O) groups excluding carboxylic acids is 1. The number of sulfonamides is 1. The second kappa shape index (κ2) is 16.2. The lowest BCUT2D eigenvalue weighted by molar-refractivity contribution is 0.0986. The number of ether oxygens (including phenoxy) is 4. The van der Waals surface area contributed by atoms with E-state index in [1.54, 1.807) is 37.3 Å². The molecule has 11 nitrogen and oxygen atoms in total. The van der Waals surface area contributed by atoms with E-state index in [4.69, 9.17) is 23.9 Å². The molecule has 228 valence electrons. The summed E-state index contributed by atoms with van der Waals surface area (Å²) in [7, 11) is 6.32. The standard InChI is InChI=1S/C27H38N4O7S2.ClH/c1-29(2)12-7-13-31(27-28-22-18-23(37-5)24(38-6)19-25(22)39-27)26(32)20-8-10-21(11-9-20)40(33,34)30(14-16-35-3)15-17-36-4;/h8-11,18-19H,7,12-17H2,1-6H3;1H. The highest BCUT2D eigenvalue weighted by atomic mass is 35.5. The van der Waals surface area contributed by atoms with E-state index in [1.807, 2.05) is 20.2 Å². The van der Waals surface area contributed by atoms with Gasteiger partial charge in [-0.3, -0.25) is 9.69 Å². The molecular weight excluding hydrogens is 592 g/mol. The molecule has 3 rings (SSSR count). The van der Waals surface area contributed by atoms with Crippen LogP contribution in [-0.4, -0.2) is 110 Å². The van der Waals surface area contributed by atoms with Crippen LogP contribution >= 0.6 is 23.7 Å². The molecule has 0 aliphatic carbocycles. The van der Waals surface area contributed by atoms with Crippen molar-refractivity contribution in [3.63, 3.8) is 0 Å². The quantitative estimate of drug-likeness (QED) is 0.234. The van der Waals surface area contributed by atoms with Gasteiger partial charge in [-0.15, -0.1) is 12.4 Å². The van der Waals surface area contributed by atoms with Crippen LogP contribution in [0.1, 0.15) is 16.8 Å². The number of rotatable bonds is 16. The molecular formula is C27H39ClN4O7S2. The van der Waals surface area contributed by atoms with Crippen molar-refractivity contribution in [2.24, 2.45) is 0 Å². The summed E-state index contributed by atoms with van der Waals surface area (Å²) in [5.41, 5.74) is 1.05. The molecule has 0 saturated heterocycles. The highest BCUT2D eigenvalue weighted by Crippen LogP contribution is 2.37. The van der Waals surface area contributed by atoms with Gasteiger partial charge in [-0.05, 0) is 51.3 Å². The summed E-state index contributed by atoms with van der Waals surface area (Å²) in [4.78, 5) is 22.3. The molecule has 0 bridgehead atoms. The van der Waals surface area contributed by atoms with Crippen LogP contribution < -0.4 is 14.4 Å². The Morgan fingerprint density at radius 3 is 2.00 bits per heavy atom. The zero-order valence-electron chi connectivity index (χ0n) is 24.3. The molecule has 0 spiro atoms. The fraction of sp³-hybridized carbons (Fsp3) is 0.481. The van der Waals surface area contributed by atoms with Crippen molar-refractivity contribution < 1.29 is 32.2 Å². The third-order valence-corrected chi connectivity index (χ3v) is 9.13. The lowest BCUT2D eigenvalue weighted by Crippen LogP contribution is -2.36. The summed E-state index contributed by atoms with van der Waals surface area (Å²) >= 11 is 1.38. The van der Waals surface area contributed by atoms with E-state index in [1.165, 1.54) is 42.0 Å². The minimum absolute atomic E-state index is 0. The molecule has 1 amide bonds. The third kappa shape index (κ3) is 8.74. The average molecular weight is 631 g/mol. The predicted molar refractivity (Wildman–Crippen MR) is 164 cm³/mol. The Kier molecular flexibility index (Phi) is 13.7. The van der Waals surface area contributed by atoms with Gasteiger partial charge in [0.05, 0.1) is 42.5 Å². The van der Waals surface area contributed by atoms with Gasteiger partial charge < -0.3 is 23.8 Å². The smallest absolute Gasteiger partial charge is 0.260 e. The number of amides is 1. The van der Waals surface area contributed by atoms with Gasteiger partial charge in [-0.1, -0.05) is 11.3 Å². The molecule has 1 aromatic heterocycles. The molecule has 0 radical (unpaired) electrons. The first-order valence-corrected chi connectivity index (χ1v) is 15.0. The lowest BCUT2D eigenvalue weighted by Gasteiger charge is -2.22. The number of aromatic nitrogens is 1. The fourth-order valence-corrected chi connectivity index (χ4v) is 6.41. The number of hydrogen-bond donors (Lipinski definition) is 0. The number of hydrogen-bond acceptors (Lipinski definition) is 10. The molecule has 0 fully saturated rings. The Morgan fingerprint density at radius 1 is 0.878 bits per heavy atom. The number of thiazole rings is 1. The molecule has 2 aromatic carbocycles. The normalized spacial score (nSPS) is 11.6. The van der Waals surface area contributed by atoms with E-state index < -0.39 is 10.0 Å². The Labute approximate surface area is 252 Å². The van der Waals surface area contributed by atoms with E-state index in [9.17, 15) is 13.2 Å². The summed E-state index contributed by atoms with van der Waals surface area (Å²) in [5, 5.41) is 0.538. The van der Waals surface area contributed by atoms with Crippen LogP contribution in [0.2, 0.25) is 0 Å². The largest absolute Gasteiger partial charge is 0.493 e. The number of halogens is 1. The van der Waals surface area contributed by atoms with Gasteiger partial charge in [0, 0.05) is 51.6 Å². The Hall–Kier alpha value is -2.52. The number of benzene rings is 2. The van der Waals surface area contributed by atoms with E-state index in [2.05, 4.69) is 4.90 Å². The summed E-state index contributed by atoms with van der Waals surface area (Å²) in [6, 6.07) is 9.63. The lowest BCUT2D eigenvalue weighted by atomic mass is 10.2. The van der Waals surface area contributed by atoms with E-state index in [-0.39, 0.29) is 49.5 Å². The van der Waals surface area contributed by atoms with Crippen LogP contribution in [0.5, 0.6) is 11.5 Å². The minimum atomic E-state index is -3.81. The molecule has 0 aliphatic rings. The Morgan fingerprint density at radius 2 is 1.46 bits per heavy atom. The molecule has 0 unspecified atom stereocenters. The van der Waals surface area contributed by atoms with Gasteiger partial charge in [0.2, 0.25) is 10.0 Å². The number of nitrogens with zero attached hydrogens (tertiary/aromatic N) is 4. The predicted octanol–water partition coefficient (Wildman–Crippen LogP) is 3.62. The molecule has 0 N–H and O–H groups in total. The minimum Gasteiger partial charge on any atom is -0.493 e. The zero-order chi connectivity index (χ0) is 29.3. The molecule has 0 saturated carbocycles. The second-order valence-electron chi connectivity index (χ2n) is 9.20. The summed E-state index contributed by atoms with van der Waals surface area (Å²) in [6.45, 7) is 2.10. The van der Waals surface area contributed by atoms with Gasteiger partial charge in [0.1, 0.15) is 0 Å². The van der Waals surface area contributed by atoms with Crippen molar-refractivity contribution in [1.29, 1.82) is 0 Å². The van der Waals surface area contributed by atoms with Crippen LogP contribution in [0.15, 0.2) is 41.3 Å². The first-order valence-electron chi connectivity index (χ1n) is 12.7. The third-order valence-electron chi connectivity index (χ3n) is 6.17. The second-order valence-corrected chi connectivity index (χ2v) is 12.1. The van der Waals surface area contributed by atoms with Crippen molar-refractivity contribution >= 4 is 55.0 Å². The molecule has 3 aromatic rings. The van der Waals surface area contributed by atoms with Gasteiger partial charge in [-0.25, -0.2) is 13.4 Å². The summed E-state index contributed by atoms with van der Waals surface area (Å²) < 4.78 is 49.7. The van der Waals surface area contributed by atoms with Crippen LogP contribution in [-0.2, 0) is 19.5 Å². The Balaban J connectivity index is 0.00000588. The maximum atomic E-state index is 13.8. The van der Waals surface area contributed by atoms with Crippen molar-refractivity contribution in [3.8, 4) is 11.5 Å². The van der Waals surface area contributed by atoms with Crippen molar-refractivity contribution in [1.82, 2.24) is 14.2 Å². The van der Waals surface area contributed by atoms with E-state index in [0.717, 1.165) is 17.7 Å².